The molecule has 22 heavy (non-hydrogen) atoms. The zero-order valence-electron chi connectivity index (χ0n) is 11.4. The Balaban J connectivity index is 0.000000309. The molecule has 0 heterocycles. The van der Waals surface area contributed by atoms with Gasteiger partial charge in [0.2, 0.25) is 0 Å². The van der Waals surface area contributed by atoms with E-state index in [1.807, 2.05) is 12.1 Å². The number of aromatic carboxylic acids is 1. The summed E-state index contributed by atoms with van der Waals surface area (Å²) in [6, 6.07) is 15.4. The molecule has 0 unspecified atom stereocenters. The summed E-state index contributed by atoms with van der Waals surface area (Å²) in [5, 5.41) is 24.3. The fourth-order valence-corrected chi connectivity index (χ4v) is 2.29. The van der Waals surface area contributed by atoms with Crippen LogP contribution in [0.2, 0.25) is 0 Å². The third kappa shape index (κ3) is 2.56. The van der Waals surface area contributed by atoms with E-state index < -0.39 is 5.97 Å². The van der Waals surface area contributed by atoms with E-state index in [4.69, 9.17) is 15.6 Å². The lowest BCUT2D eigenvalue weighted by Gasteiger charge is -2.02. The Morgan fingerprint density at radius 3 is 2.09 bits per heavy atom. The third-order valence-corrected chi connectivity index (χ3v) is 3.14. The van der Waals surface area contributed by atoms with Crippen LogP contribution in [0.5, 0.6) is 0 Å². The first-order chi connectivity index (χ1) is 10.6. The van der Waals surface area contributed by atoms with Crippen LogP contribution in [0.3, 0.4) is 0 Å². The molecule has 0 atom stereocenters. The highest BCUT2D eigenvalue weighted by Gasteiger charge is 2.30. The SMILES string of the molecule is N#CCC#N.O=C(O)c1cccc2c1C(=O)c1ccccc1-2. The van der Waals surface area contributed by atoms with Crippen molar-refractivity contribution in [2.45, 2.75) is 6.42 Å². The van der Waals surface area contributed by atoms with E-state index in [1.165, 1.54) is 6.07 Å². The van der Waals surface area contributed by atoms with Crippen molar-refractivity contribution in [3.63, 3.8) is 0 Å². The number of fused-ring (bicyclic) bond motifs is 3. The van der Waals surface area contributed by atoms with E-state index in [1.54, 1.807) is 36.4 Å². The summed E-state index contributed by atoms with van der Waals surface area (Å²) >= 11 is 0. The van der Waals surface area contributed by atoms with E-state index in [0.717, 1.165) is 5.56 Å². The normalized spacial score (nSPS) is 10.4. The fourth-order valence-electron chi connectivity index (χ4n) is 2.29. The number of benzene rings is 2. The van der Waals surface area contributed by atoms with Crippen molar-refractivity contribution in [1.29, 1.82) is 10.5 Å². The molecule has 3 rings (SSSR count). The van der Waals surface area contributed by atoms with Crippen LogP contribution in [-0.2, 0) is 0 Å². The number of carbonyl (C=O) groups excluding carboxylic acids is 1. The van der Waals surface area contributed by atoms with Gasteiger partial charge in [0.15, 0.2) is 5.78 Å². The molecule has 5 heteroatoms. The topological polar surface area (TPSA) is 102 Å². The Bertz CT molecular complexity index is 830. The molecular weight excluding hydrogens is 280 g/mol. The van der Waals surface area contributed by atoms with Crippen molar-refractivity contribution in [1.82, 2.24) is 0 Å². The summed E-state index contributed by atoms with van der Waals surface area (Å²) in [5.41, 5.74) is 2.49. The van der Waals surface area contributed by atoms with Crippen LogP contribution in [0.1, 0.15) is 32.7 Å². The molecule has 0 saturated carbocycles. The molecule has 5 nitrogen and oxygen atoms in total. The molecule has 0 aliphatic heterocycles. The zero-order valence-corrected chi connectivity index (χ0v) is 11.4. The smallest absolute Gasteiger partial charge is 0.336 e. The number of carbonyl (C=O) groups is 2. The summed E-state index contributed by atoms with van der Waals surface area (Å²) in [6.45, 7) is 0. The third-order valence-electron chi connectivity index (χ3n) is 3.14. The van der Waals surface area contributed by atoms with Gasteiger partial charge >= 0.3 is 5.97 Å². The monoisotopic (exact) mass is 290 g/mol. The Hall–Kier alpha value is -3.44. The van der Waals surface area contributed by atoms with Gasteiger partial charge in [-0.05, 0) is 17.2 Å². The fraction of sp³-hybridized carbons (Fsp3) is 0.0588. The molecule has 1 N–H and O–H groups in total. The number of ketones is 1. The number of nitrogens with zero attached hydrogens (tertiary/aromatic N) is 2. The number of carboxylic acids is 1. The van der Waals surface area contributed by atoms with E-state index >= 15 is 0 Å². The van der Waals surface area contributed by atoms with Gasteiger partial charge in [-0.15, -0.1) is 0 Å². The largest absolute Gasteiger partial charge is 0.478 e. The van der Waals surface area contributed by atoms with Crippen LogP contribution in [0.25, 0.3) is 11.1 Å². The highest BCUT2D eigenvalue weighted by molar-refractivity contribution is 6.25. The predicted octanol–water partition coefficient (Wildman–Crippen LogP) is 3.02. The number of nitriles is 2. The maximum Gasteiger partial charge on any atom is 0.336 e. The highest BCUT2D eigenvalue weighted by atomic mass is 16.4. The second-order valence-electron chi connectivity index (χ2n) is 4.40. The van der Waals surface area contributed by atoms with Crippen molar-refractivity contribution in [3.8, 4) is 23.3 Å². The van der Waals surface area contributed by atoms with E-state index in [-0.39, 0.29) is 17.8 Å². The zero-order chi connectivity index (χ0) is 16.1. The van der Waals surface area contributed by atoms with Gasteiger partial charge < -0.3 is 5.11 Å². The predicted molar refractivity (Wildman–Crippen MR) is 78.1 cm³/mol. The Morgan fingerprint density at radius 1 is 0.955 bits per heavy atom. The van der Waals surface area contributed by atoms with Crippen LogP contribution < -0.4 is 0 Å². The number of hydrogen-bond donors (Lipinski definition) is 1. The molecule has 2 aromatic carbocycles. The molecule has 0 amide bonds. The van der Waals surface area contributed by atoms with Gasteiger partial charge in [-0.3, -0.25) is 4.79 Å². The van der Waals surface area contributed by atoms with Crippen molar-refractivity contribution in [2.24, 2.45) is 0 Å². The van der Waals surface area contributed by atoms with E-state index in [2.05, 4.69) is 0 Å². The Labute approximate surface area is 126 Å². The molecule has 1 aliphatic carbocycles. The first kappa shape index (κ1) is 15.0. The first-order valence-corrected chi connectivity index (χ1v) is 6.36. The highest BCUT2D eigenvalue weighted by Crippen LogP contribution is 2.37. The van der Waals surface area contributed by atoms with Crippen molar-refractivity contribution < 1.29 is 14.7 Å². The number of rotatable bonds is 1. The second kappa shape index (κ2) is 6.34. The van der Waals surface area contributed by atoms with Gasteiger partial charge in [-0.1, -0.05) is 36.4 Å². The molecule has 0 saturated heterocycles. The summed E-state index contributed by atoms with van der Waals surface area (Å²) in [6.07, 6.45) is 0. The molecule has 106 valence electrons. The minimum absolute atomic E-state index is 0. The molecule has 2 aromatic rings. The van der Waals surface area contributed by atoms with Crippen molar-refractivity contribution in [2.75, 3.05) is 0 Å². The van der Waals surface area contributed by atoms with E-state index in [9.17, 15) is 9.59 Å². The maximum atomic E-state index is 12.1. The minimum atomic E-state index is -1.07. The van der Waals surface area contributed by atoms with Gasteiger partial charge in [-0.2, -0.15) is 10.5 Å². The first-order valence-electron chi connectivity index (χ1n) is 6.36. The van der Waals surface area contributed by atoms with Crippen molar-refractivity contribution >= 4 is 11.8 Å². The maximum absolute atomic E-state index is 12.1. The van der Waals surface area contributed by atoms with Crippen LogP contribution in [-0.4, -0.2) is 16.9 Å². The van der Waals surface area contributed by atoms with Gasteiger partial charge in [-0.25, -0.2) is 4.79 Å². The quantitative estimate of drug-likeness (QED) is 0.742. The standard InChI is InChI=1S/C14H8O3.C3H2N2/c15-13-10-5-2-1-4-8(10)9-6-3-7-11(12(9)13)14(16)17;4-2-1-3-5/h1-7H,(H,16,17);1H2. The summed E-state index contributed by atoms with van der Waals surface area (Å²) in [5.74, 6) is -1.27. The molecule has 0 bridgehead atoms. The lowest BCUT2D eigenvalue weighted by Crippen LogP contribution is -2.06. The summed E-state index contributed by atoms with van der Waals surface area (Å²) < 4.78 is 0. The van der Waals surface area contributed by atoms with Crippen LogP contribution in [0, 0.1) is 22.7 Å². The Morgan fingerprint density at radius 2 is 1.55 bits per heavy atom. The lowest BCUT2D eigenvalue weighted by atomic mass is 10.0. The lowest BCUT2D eigenvalue weighted by molar-refractivity contribution is 0.0693. The van der Waals surface area contributed by atoms with E-state index in [0.29, 0.717) is 16.7 Å². The van der Waals surface area contributed by atoms with Gasteiger partial charge in [0.05, 0.1) is 17.7 Å². The molecule has 0 fully saturated rings. The van der Waals surface area contributed by atoms with Gasteiger partial charge in [0, 0.05) is 11.1 Å². The molecule has 0 radical (unpaired) electrons. The van der Waals surface area contributed by atoms with Gasteiger partial charge in [0.25, 0.3) is 0 Å². The van der Waals surface area contributed by atoms with Crippen LogP contribution >= 0.6 is 0 Å². The second-order valence-corrected chi connectivity index (χ2v) is 4.40. The average molecular weight is 290 g/mol. The molecule has 0 aromatic heterocycles. The number of hydrogen-bond acceptors (Lipinski definition) is 4. The summed E-state index contributed by atoms with van der Waals surface area (Å²) in [4.78, 5) is 23.3. The molecular formula is C17H10N2O3. The average Bonchev–Trinajstić information content (AvgIpc) is 2.82. The van der Waals surface area contributed by atoms with Crippen LogP contribution in [0.4, 0.5) is 0 Å². The van der Waals surface area contributed by atoms with Crippen molar-refractivity contribution in [3.05, 3.63) is 59.2 Å². The Kier molecular flexibility index (Phi) is 4.31. The summed E-state index contributed by atoms with van der Waals surface area (Å²) in [7, 11) is 0. The van der Waals surface area contributed by atoms with Gasteiger partial charge in [0.1, 0.15) is 6.42 Å². The number of carboxylic acid groups (broad SMARTS) is 1. The van der Waals surface area contributed by atoms with Crippen LogP contribution in [0.15, 0.2) is 42.5 Å². The molecule has 1 aliphatic rings. The molecule has 0 spiro atoms. The minimum Gasteiger partial charge on any atom is -0.478 e.